The molecule has 4 heterocycles. The molecule has 0 N–H and O–H groups in total. The average molecular weight is 447 g/mol. The molecule has 2 aliphatic rings. The Morgan fingerprint density at radius 2 is 1.88 bits per heavy atom. The number of amides is 1. The van der Waals surface area contributed by atoms with E-state index in [2.05, 4.69) is 21.1 Å². The van der Waals surface area contributed by atoms with E-state index in [1.807, 2.05) is 56.3 Å². The van der Waals surface area contributed by atoms with Crippen LogP contribution in [-0.2, 0) is 14.1 Å². The maximum atomic E-state index is 14.0. The van der Waals surface area contributed by atoms with Crippen LogP contribution in [0.4, 0.5) is 5.82 Å². The molecule has 1 fully saturated rings. The summed E-state index contributed by atoms with van der Waals surface area (Å²) >= 11 is 6.18. The van der Waals surface area contributed by atoms with E-state index in [0.29, 0.717) is 22.4 Å². The number of benzene rings is 1. The van der Waals surface area contributed by atoms with Crippen molar-refractivity contribution < 1.29 is 4.79 Å². The van der Waals surface area contributed by atoms with Crippen LogP contribution in [0.2, 0.25) is 5.02 Å². The normalized spacial score (nSPS) is 18.4. The van der Waals surface area contributed by atoms with Gasteiger partial charge < -0.3 is 4.57 Å². The SMILES string of the molecule is Cc1cc(N2C(=O)c3c(C4CCC4)cn(C)c3C2c2ccc(Cl)cc2)nc2c1nnn2C. The highest BCUT2D eigenvalue weighted by atomic mass is 35.5. The Morgan fingerprint density at radius 1 is 1.12 bits per heavy atom. The Morgan fingerprint density at radius 3 is 2.56 bits per heavy atom. The number of fused-ring (bicyclic) bond motifs is 2. The molecule has 0 spiro atoms. The van der Waals surface area contributed by atoms with Crippen LogP contribution in [0.15, 0.2) is 36.5 Å². The first-order valence-electron chi connectivity index (χ1n) is 10.9. The monoisotopic (exact) mass is 446 g/mol. The minimum Gasteiger partial charge on any atom is -0.351 e. The Kier molecular flexibility index (Phi) is 4.21. The molecular weight excluding hydrogens is 424 g/mol. The number of rotatable bonds is 3. The third kappa shape index (κ3) is 2.67. The second-order valence-corrected chi connectivity index (χ2v) is 9.33. The predicted molar refractivity (Wildman–Crippen MR) is 123 cm³/mol. The van der Waals surface area contributed by atoms with E-state index in [1.54, 1.807) is 4.68 Å². The van der Waals surface area contributed by atoms with Gasteiger partial charge in [-0.05, 0) is 60.6 Å². The molecule has 1 amide bonds. The van der Waals surface area contributed by atoms with Crippen molar-refractivity contribution in [2.24, 2.45) is 14.1 Å². The maximum absolute atomic E-state index is 14.0. The molecule has 3 aromatic heterocycles. The molecule has 4 aromatic rings. The summed E-state index contributed by atoms with van der Waals surface area (Å²) in [5.74, 6) is 1.07. The van der Waals surface area contributed by atoms with Gasteiger partial charge in [0.15, 0.2) is 5.65 Å². The zero-order valence-electron chi connectivity index (χ0n) is 18.2. The third-order valence-corrected chi connectivity index (χ3v) is 7.17. The summed E-state index contributed by atoms with van der Waals surface area (Å²) in [7, 11) is 3.85. The van der Waals surface area contributed by atoms with Gasteiger partial charge in [-0.25, -0.2) is 9.67 Å². The van der Waals surface area contributed by atoms with Gasteiger partial charge in [0.2, 0.25) is 0 Å². The van der Waals surface area contributed by atoms with Crippen molar-refractivity contribution in [3.63, 3.8) is 0 Å². The van der Waals surface area contributed by atoms with E-state index < -0.39 is 0 Å². The quantitative estimate of drug-likeness (QED) is 0.458. The largest absolute Gasteiger partial charge is 0.351 e. The molecule has 8 heteroatoms. The lowest BCUT2D eigenvalue weighted by molar-refractivity contribution is 0.0991. The second kappa shape index (κ2) is 6.90. The van der Waals surface area contributed by atoms with Crippen LogP contribution in [0.25, 0.3) is 11.2 Å². The lowest BCUT2D eigenvalue weighted by Crippen LogP contribution is -2.31. The Balaban J connectivity index is 1.58. The molecule has 6 rings (SSSR count). The average Bonchev–Trinajstić information content (AvgIpc) is 3.35. The van der Waals surface area contributed by atoms with E-state index in [4.69, 9.17) is 16.6 Å². The summed E-state index contributed by atoms with van der Waals surface area (Å²) < 4.78 is 3.77. The lowest BCUT2D eigenvalue weighted by atomic mass is 9.79. The van der Waals surface area contributed by atoms with Crippen molar-refractivity contribution >= 4 is 34.5 Å². The number of nitrogens with zero attached hydrogens (tertiary/aromatic N) is 6. The summed E-state index contributed by atoms with van der Waals surface area (Å²) in [6.07, 6.45) is 5.65. The van der Waals surface area contributed by atoms with Crippen LogP contribution in [0.3, 0.4) is 0 Å². The molecule has 7 nitrogen and oxygen atoms in total. The van der Waals surface area contributed by atoms with Crippen LogP contribution < -0.4 is 4.90 Å². The van der Waals surface area contributed by atoms with E-state index in [1.165, 1.54) is 12.0 Å². The van der Waals surface area contributed by atoms with Crippen LogP contribution in [0.5, 0.6) is 0 Å². The van der Waals surface area contributed by atoms with Crippen LogP contribution in [-0.4, -0.2) is 30.5 Å². The summed E-state index contributed by atoms with van der Waals surface area (Å²) in [6.45, 7) is 1.98. The molecule has 0 radical (unpaired) electrons. The van der Waals surface area contributed by atoms with Gasteiger partial charge in [-0.3, -0.25) is 9.69 Å². The summed E-state index contributed by atoms with van der Waals surface area (Å²) in [5.41, 5.74) is 6.37. The fourth-order valence-electron chi connectivity index (χ4n) is 5.07. The van der Waals surface area contributed by atoms with Gasteiger partial charge >= 0.3 is 0 Å². The maximum Gasteiger partial charge on any atom is 0.262 e. The number of aromatic nitrogens is 5. The van der Waals surface area contributed by atoms with Gasteiger partial charge in [-0.1, -0.05) is 35.4 Å². The standard InChI is InChI=1S/C24H23ClN6O/c1-13-11-18(26-23-20(13)27-28-30(23)3)31-21(15-7-9-16(25)10-8-15)22-19(24(31)32)17(12-29(22)2)14-5-4-6-14/h7-12,14,21H,4-6H2,1-3H3. The van der Waals surface area contributed by atoms with E-state index >= 15 is 0 Å². The second-order valence-electron chi connectivity index (χ2n) is 8.90. The summed E-state index contributed by atoms with van der Waals surface area (Å²) in [4.78, 5) is 20.7. The molecule has 1 aliphatic carbocycles. The highest BCUT2D eigenvalue weighted by Gasteiger charge is 2.45. The fourth-order valence-corrected chi connectivity index (χ4v) is 5.19. The number of hydrogen-bond donors (Lipinski definition) is 0. The molecule has 1 atom stereocenters. The smallest absolute Gasteiger partial charge is 0.262 e. The molecule has 0 bridgehead atoms. The number of hydrogen-bond acceptors (Lipinski definition) is 4. The molecular formula is C24H23ClN6O. The zero-order chi connectivity index (χ0) is 22.1. The van der Waals surface area contributed by atoms with Gasteiger partial charge in [0.1, 0.15) is 17.4 Å². The number of aryl methyl sites for hydroxylation is 3. The molecule has 1 unspecified atom stereocenters. The fraction of sp³-hybridized carbons (Fsp3) is 0.333. The molecule has 0 saturated heterocycles. The van der Waals surface area contributed by atoms with E-state index in [-0.39, 0.29) is 11.9 Å². The Bertz CT molecular complexity index is 1380. The lowest BCUT2D eigenvalue weighted by Gasteiger charge is -2.27. The highest BCUT2D eigenvalue weighted by Crippen LogP contribution is 2.48. The van der Waals surface area contributed by atoms with Gasteiger partial charge in [-0.15, -0.1) is 5.10 Å². The summed E-state index contributed by atoms with van der Waals surface area (Å²) in [6, 6.07) is 9.40. The first-order chi connectivity index (χ1) is 15.4. The van der Waals surface area contributed by atoms with Crippen molar-refractivity contribution in [1.29, 1.82) is 0 Å². The minimum atomic E-state index is -0.279. The molecule has 32 heavy (non-hydrogen) atoms. The highest BCUT2D eigenvalue weighted by molar-refractivity contribution is 6.30. The van der Waals surface area contributed by atoms with Gasteiger partial charge in [0.05, 0.1) is 11.3 Å². The molecule has 1 aliphatic heterocycles. The van der Waals surface area contributed by atoms with Crippen molar-refractivity contribution in [2.45, 2.75) is 38.1 Å². The topological polar surface area (TPSA) is 68.8 Å². The van der Waals surface area contributed by atoms with Crippen LogP contribution in [0, 0.1) is 6.92 Å². The molecule has 162 valence electrons. The van der Waals surface area contributed by atoms with Crippen molar-refractivity contribution in [2.75, 3.05) is 4.90 Å². The summed E-state index contributed by atoms with van der Waals surface area (Å²) in [5, 5.41) is 9.00. The van der Waals surface area contributed by atoms with Crippen molar-refractivity contribution in [3.8, 4) is 0 Å². The Hall–Kier alpha value is -3.19. The molecule has 1 saturated carbocycles. The minimum absolute atomic E-state index is 0.00354. The van der Waals surface area contributed by atoms with E-state index in [0.717, 1.165) is 40.7 Å². The predicted octanol–water partition coefficient (Wildman–Crippen LogP) is 4.68. The van der Waals surface area contributed by atoms with Gasteiger partial charge in [0.25, 0.3) is 5.91 Å². The van der Waals surface area contributed by atoms with Crippen LogP contribution in [0.1, 0.15) is 64.0 Å². The first-order valence-corrected chi connectivity index (χ1v) is 11.3. The van der Waals surface area contributed by atoms with Crippen LogP contribution >= 0.6 is 11.6 Å². The first kappa shape index (κ1) is 19.5. The number of pyridine rings is 1. The number of halogens is 1. The number of carbonyl (C=O) groups is 1. The molecule has 1 aromatic carbocycles. The van der Waals surface area contributed by atoms with Gasteiger partial charge in [-0.2, -0.15) is 0 Å². The van der Waals surface area contributed by atoms with Gasteiger partial charge in [0, 0.05) is 25.3 Å². The number of anilines is 1. The Labute approximate surface area is 190 Å². The number of carbonyl (C=O) groups excluding carboxylic acids is 1. The third-order valence-electron chi connectivity index (χ3n) is 6.92. The van der Waals surface area contributed by atoms with Crippen molar-refractivity contribution in [1.82, 2.24) is 24.5 Å². The van der Waals surface area contributed by atoms with Crippen molar-refractivity contribution in [3.05, 3.63) is 69.5 Å². The zero-order valence-corrected chi connectivity index (χ0v) is 19.0. The van der Waals surface area contributed by atoms with E-state index in [9.17, 15) is 4.79 Å².